The molecule has 0 aliphatic heterocycles. The SMILES string of the molecule is NCCC#Cc1cc(O)cc(C(F)(F)F)c1. The van der Waals surface area contributed by atoms with Gasteiger partial charge < -0.3 is 10.8 Å². The molecule has 3 N–H and O–H groups in total. The molecule has 16 heavy (non-hydrogen) atoms. The number of benzene rings is 1. The highest BCUT2D eigenvalue weighted by atomic mass is 19.4. The molecule has 0 aromatic heterocycles. The number of phenols is 1. The van der Waals surface area contributed by atoms with Crippen LogP contribution in [0.3, 0.4) is 0 Å². The fraction of sp³-hybridized carbons (Fsp3) is 0.273. The smallest absolute Gasteiger partial charge is 0.416 e. The maximum Gasteiger partial charge on any atom is 0.416 e. The standard InChI is InChI=1S/C11H10F3NO/c12-11(13,14)9-5-8(3-1-2-4-15)6-10(16)7-9/h5-7,16H,2,4,15H2. The second kappa shape index (κ2) is 4.90. The minimum absolute atomic E-state index is 0.126. The van der Waals surface area contributed by atoms with Gasteiger partial charge in [-0.05, 0) is 18.2 Å². The summed E-state index contributed by atoms with van der Waals surface area (Å²) in [6, 6.07) is 2.73. The van der Waals surface area contributed by atoms with Crippen molar-refractivity contribution in [2.75, 3.05) is 6.54 Å². The highest BCUT2D eigenvalue weighted by Gasteiger charge is 2.31. The van der Waals surface area contributed by atoms with E-state index >= 15 is 0 Å². The van der Waals surface area contributed by atoms with Crippen LogP contribution in [0.1, 0.15) is 17.5 Å². The van der Waals surface area contributed by atoms with Gasteiger partial charge in [-0.3, -0.25) is 0 Å². The highest BCUT2D eigenvalue weighted by molar-refractivity contribution is 5.43. The molecule has 86 valence electrons. The molecule has 0 aliphatic rings. The minimum Gasteiger partial charge on any atom is -0.508 e. The molecule has 0 aliphatic carbocycles. The Bertz CT molecular complexity index is 429. The fourth-order valence-corrected chi connectivity index (χ4v) is 1.08. The van der Waals surface area contributed by atoms with Crippen molar-refractivity contribution in [3.63, 3.8) is 0 Å². The quantitative estimate of drug-likeness (QED) is 0.724. The van der Waals surface area contributed by atoms with E-state index in [1.54, 1.807) is 0 Å². The lowest BCUT2D eigenvalue weighted by Gasteiger charge is -2.07. The first-order chi connectivity index (χ1) is 7.43. The summed E-state index contributed by atoms with van der Waals surface area (Å²) in [6.45, 7) is 0.345. The van der Waals surface area contributed by atoms with Gasteiger partial charge in [-0.1, -0.05) is 11.8 Å². The first-order valence-corrected chi connectivity index (χ1v) is 4.53. The first-order valence-electron chi connectivity index (χ1n) is 4.53. The van der Waals surface area contributed by atoms with Crippen LogP contribution in [-0.4, -0.2) is 11.7 Å². The molecule has 0 saturated heterocycles. The highest BCUT2D eigenvalue weighted by Crippen LogP contribution is 2.32. The first kappa shape index (κ1) is 12.4. The Labute approximate surface area is 90.9 Å². The number of rotatable bonds is 1. The number of aromatic hydroxyl groups is 1. The van der Waals surface area contributed by atoms with E-state index in [1.165, 1.54) is 6.07 Å². The van der Waals surface area contributed by atoms with Gasteiger partial charge in [-0.15, -0.1) is 0 Å². The van der Waals surface area contributed by atoms with Gasteiger partial charge in [-0.25, -0.2) is 0 Å². The van der Waals surface area contributed by atoms with Crippen LogP contribution in [0.15, 0.2) is 18.2 Å². The van der Waals surface area contributed by atoms with Crippen molar-refractivity contribution in [1.29, 1.82) is 0 Å². The number of alkyl halides is 3. The van der Waals surface area contributed by atoms with Crippen LogP contribution in [0, 0.1) is 11.8 Å². The number of nitrogens with two attached hydrogens (primary N) is 1. The summed E-state index contributed by atoms with van der Waals surface area (Å²) in [7, 11) is 0. The van der Waals surface area contributed by atoms with Crippen molar-refractivity contribution < 1.29 is 18.3 Å². The zero-order chi connectivity index (χ0) is 12.2. The molecule has 0 saturated carbocycles. The molecule has 0 unspecified atom stereocenters. The molecular formula is C11H10F3NO. The summed E-state index contributed by atoms with van der Waals surface area (Å²) >= 11 is 0. The van der Waals surface area contributed by atoms with Crippen molar-refractivity contribution in [3.8, 4) is 17.6 Å². The molecule has 1 aromatic carbocycles. The maximum atomic E-state index is 12.4. The summed E-state index contributed by atoms with van der Waals surface area (Å²) < 4.78 is 37.1. The van der Waals surface area contributed by atoms with Gasteiger partial charge in [0.05, 0.1) is 5.56 Å². The lowest BCUT2D eigenvalue weighted by atomic mass is 10.1. The van der Waals surface area contributed by atoms with Crippen LogP contribution in [0.25, 0.3) is 0 Å². The number of halogens is 3. The van der Waals surface area contributed by atoms with Crippen molar-refractivity contribution in [3.05, 3.63) is 29.3 Å². The van der Waals surface area contributed by atoms with Gasteiger partial charge in [0.25, 0.3) is 0 Å². The van der Waals surface area contributed by atoms with E-state index in [9.17, 15) is 13.2 Å². The average Bonchev–Trinajstić information content (AvgIpc) is 2.16. The van der Waals surface area contributed by atoms with E-state index in [1.807, 2.05) is 0 Å². The zero-order valence-electron chi connectivity index (χ0n) is 8.30. The molecular weight excluding hydrogens is 219 g/mol. The molecule has 0 bridgehead atoms. The lowest BCUT2D eigenvalue weighted by molar-refractivity contribution is -0.137. The van der Waals surface area contributed by atoms with E-state index in [-0.39, 0.29) is 5.56 Å². The summed E-state index contributed by atoms with van der Waals surface area (Å²) in [5.74, 6) is 4.66. The van der Waals surface area contributed by atoms with Gasteiger partial charge in [0.1, 0.15) is 5.75 Å². The molecule has 0 atom stereocenters. The van der Waals surface area contributed by atoms with Gasteiger partial charge in [-0.2, -0.15) is 13.2 Å². The summed E-state index contributed by atoms with van der Waals surface area (Å²) in [6.07, 6.45) is -4.08. The molecule has 5 heteroatoms. The van der Waals surface area contributed by atoms with Crippen LogP contribution in [-0.2, 0) is 6.18 Å². The van der Waals surface area contributed by atoms with Crippen molar-refractivity contribution in [2.45, 2.75) is 12.6 Å². The minimum atomic E-state index is -4.48. The Morgan fingerprint density at radius 2 is 1.94 bits per heavy atom. The third kappa shape index (κ3) is 3.48. The van der Waals surface area contributed by atoms with Crippen LogP contribution < -0.4 is 5.73 Å². The number of phenolic OH excluding ortho intramolecular Hbond substituents is 1. The number of hydrogen-bond acceptors (Lipinski definition) is 2. The van der Waals surface area contributed by atoms with Crippen LogP contribution >= 0.6 is 0 Å². The van der Waals surface area contributed by atoms with Crippen molar-refractivity contribution in [1.82, 2.24) is 0 Å². The van der Waals surface area contributed by atoms with Crippen molar-refractivity contribution >= 4 is 0 Å². The van der Waals surface area contributed by atoms with E-state index in [2.05, 4.69) is 11.8 Å². The molecule has 0 heterocycles. The average molecular weight is 229 g/mol. The lowest BCUT2D eigenvalue weighted by Crippen LogP contribution is -2.04. The Morgan fingerprint density at radius 1 is 1.25 bits per heavy atom. The second-order valence-electron chi connectivity index (χ2n) is 3.11. The third-order valence-corrected chi connectivity index (χ3v) is 1.75. The van der Waals surface area contributed by atoms with E-state index < -0.39 is 17.5 Å². The predicted octanol–water partition coefficient (Wildman–Crippen LogP) is 2.11. The summed E-state index contributed by atoms with van der Waals surface area (Å²) in [5, 5.41) is 9.12. The largest absolute Gasteiger partial charge is 0.508 e. The van der Waals surface area contributed by atoms with E-state index in [4.69, 9.17) is 10.8 Å². The van der Waals surface area contributed by atoms with E-state index in [0.717, 1.165) is 6.07 Å². The molecule has 1 aromatic rings. The Morgan fingerprint density at radius 3 is 2.50 bits per heavy atom. The topological polar surface area (TPSA) is 46.2 Å². The monoisotopic (exact) mass is 229 g/mol. The molecule has 0 spiro atoms. The Kier molecular flexibility index (Phi) is 3.80. The molecule has 2 nitrogen and oxygen atoms in total. The van der Waals surface area contributed by atoms with Crippen LogP contribution in [0.5, 0.6) is 5.75 Å². The predicted molar refractivity (Wildman–Crippen MR) is 53.7 cm³/mol. The normalized spacial score (nSPS) is 10.8. The number of hydrogen-bond donors (Lipinski definition) is 2. The fourth-order valence-electron chi connectivity index (χ4n) is 1.08. The maximum absolute atomic E-state index is 12.4. The van der Waals surface area contributed by atoms with Gasteiger partial charge >= 0.3 is 6.18 Å². The third-order valence-electron chi connectivity index (χ3n) is 1.75. The van der Waals surface area contributed by atoms with Gasteiger partial charge in [0, 0.05) is 18.5 Å². The second-order valence-corrected chi connectivity index (χ2v) is 3.11. The summed E-state index contributed by atoms with van der Waals surface area (Å²) in [4.78, 5) is 0. The van der Waals surface area contributed by atoms with Gasteiger partial charge in [0.15, 0.2) is 0 Å². The van der Waals surface area contributed by atoms with Gasteiger partial charge in [0.2, 0.25) is 0 Å². The van der Waals surface area contributed by atoms with Crippen LogP contribution in [0.2, 0.25) is 0 Å². The zero-order valence-corrected chi connectivity index (χ0v) is 8.30. The van der Waals surface area contributed by atoms with Crippen LogP contribution in [0.4, 0.5) is 13.2 Å². The Hall–Kier alpha value is -1.67. The Balaban J connectivity index is 3.05. The molecule has 0 amide bonds. The summed E-state index contributed by atoms with van der Waals surface area (Å²) in [5.41, 5.74) is 4.40. The van der Waals surface area contributed by atoms with E-state index in [0.29, 0.717) is 19.0 Å². The molecule has 0 fully saturated rings. The molecule has 1 rings (SSSR count). The molecule has 0 radical (unpaired) electrons. The van der Waals surface area contributed by atoms with Crippen molar-refractivity contribution in [2.24, 2.45) is 5.73 Å².